The van der Waals surface area contributed by atoms with Gasteiger partial charge >= 0.3 is 0 Å². The number of ether oxygens (including phenoxy) is 1. The molecule has 5 nitrogen and oxygen atoms in total. The SMILES string of the molecule is C[C@@H]1CN(C(C)(C)CNc2ncccc2C#N)C[C@H](C)O1. The van der Waals surface area contributed by atoms with Crippen LogP contribution in [0.25, 0.3) is 0 Å². The van der Waals surface area contributed by atoms with E-state index in [1.54, 1.807) is 18.3 Å². The van der Waals surface area contributed by atoms with E-state index < -0.39 is 0 Å². The lowest BCUT2D eigenvalue weighted by Crippen LogP contribution is -2.57. The predicted molar refractivity (Wildman–Crippen MR) is 83.1 cm³/mol. The summed E-state index contributed by atoms with van der Waals surface area (Å²) in [6, 6.07) is 5.72. The highest BCUT2D eigenvalue weighted by molar-refractivity contribution is 5.51. The van der Waals surface area contributed by atoms with Gasteiger partial charge in [-0.05, 0) is 39.8 Å². The number of hydrogen-bond donors (Lipinski definition) is 1. The van der Waals surface area contributed by atoms with Gasteiger partial charge in [0, 0.05) is 31.4 Å². The number of hydrogen-bond acceptors (Lipinski definition) is 5. The van der Waals surface area contributed by atoms with Gasteiger partial charge in [-0.25, -0.2) is 4.98 Å². The van der Waals surface area contributed by atoms with Gasteiger partial charge in [0.2, 0.25) is 0 Å². The molecule has 1 aromatic heterocycles. The summed E-state index contributed by atoms with van der Waals surface area (Å²) in [5.41, 5.74) is 0.549. The predicted octanol–water partition coefficient (Wildman–Crippen LogP) is 2.25. The molecule has 0 aliphatic carbocycles. The molecule has 1 N–H and O–H groups in total. The Morgan fingerprint density at radius 1 is 1.43 bits per heavy atom. The normalized spacial score (nSPS) is 23.6. The highest BCUT2D eigenvalue weighted by Gasteiger charge is 2.33. The van der Waals surface area contributed by atoms with E-state index in [1.165, 1.54) is 0 Å². The van der Waals surface area contributed by atoms with Crippen LogP contribution in [0.15, 0.2) is 18.3 Å². The van der Waals surface area contributed by atoms with E-state index in [0.29, 0.717) is 11.4 Å². The molecule has 0 bridgehead atoms. The lowest BCUT2D eigenvalue weighted by atomic mass is 10.00. The molecular weight excluding hydrogens is 264 g/mol. The zero-order valence-corrected chi connectivity index (χ0v) is 13.3. The average Bonchev–Trinajstić information content (AvgIpc) is 2.44. The Bertz CT molecular complexity index is 513. The Morgan fingerprint density at radius 2 is 2.10 bits per heavy atom. The van der Waals surface area contributed by atoms with Crippen LogP contribution in [0.3, 0.4) is 0 Å². The number of pyridine rings is 1. The first-order chi connectivity index (χ1) is 9.92. The van der Waals surface area contributed by atoms with Crippen molar-refractivity contribution in [2.45, 2.75) is 45.4 Å². The molecule has 1 aliphatic rings. The Labute approximate surface area is 126 Å². The lowest BCUT2D eigenvalue weighted by molar-refractivity contribution is -0.0933. The van der Waals surface area contributed by atoms with E-state index in [4.69, 9.17) is 10.00 Å². The molecule has 1 aromatic rings. The van der Waals surface area contributed by atoms with Crippen molar-refractivity contribution in [2.75, 3.05) is 25.0 Å². The summed E-state index contributed by atoms with van der Waals surface area (Å²) >= 11 is 0. The van der Waals surface area contributed by atoms with Gasteiger partial charge in [0.1, 0.15) is 11.9 Å². The summed E-state index contributed by atoms with van der Waals surface area (Å²) in [6.45, 7) is 11.2. The molecule has 114 valence electrons. The third-order valence-electron chi connectivity index (χ3n) is 3.89. The molecule has 2 rings (SSSR count). The van der Waals surface area contributed by atoms with E-state index in [-0.39, 0.29) is 17.7 Å². The van der Waals surface area contributed by atoms with Crippen LogP contribution in [0.2, 0.25) is 0 Å². The van der Waals surface area contributed by atoms with Crippen LogP contribution in [0.1, 0.15) is 33.3 Å². The van der Waals surface area contributed by atoms with Crippen LogP contribution in [0.5, 0.6) is 0 Å². The quantitative estimate of drug-likeness (QED) is 0.920. The number of morpholine rings is 1. The van der Waals surface area contributed by atoms with Crippen molar-refractivity contribution in [3.05, 3.63) is 23.9 Å². The summed E-state index contributed by atoms with van der Waals surface area (Å²) in [6.07, 6.45) is 2.20. The molecule has 1 aliphatic heterocycles. The van der Waals surface area contributed by atoms with Gasteiger partial charge < -0.3 is 10.1 Å². The van der Waals surface area contributed by atoms with Gasteiger partial charge in [-0.3, -0.25) is 4.90 Å². The average molecular weight is 288 g/mol. The van der Waals surface area contributed by atoms with Gasteiger partial charge in [0.15, 0.2) is 0 Å². The molecule has 0 spiro atoms. The summed E-state index contributed by atoms with van der Waals surface area (Å²) < 4.78 is 5.79. The summed E-state index contributed by atoms with van der Waals surface area (Å²) in [7, 11) is 0. The van der Waals surface area contributed by atoms with Crippen molar-refractivity contribution in [3.63, 3.8) is 0 Å². The van der Waals surface area contributed by atoms with Crippen LogP contribution in [-0.2, 0) is 4.74 Å². The fourth-order valence-corrected chi connectivity index (χ4v) is 2.72. The molecule has 0 aromatic carbocycles. The fourth-order valence-electron chi connectivity index (χ4n) is 2.72. The number of anilines is 1. The Hall–Kier alpha value is -1.64. The standard InChI is InChI=1S/C16H24N4O/c1-12-9-20(10-13(2)21-12)16(3,4)11-19-15-14(8-17)6-5-7-18-15/h5-7,12-13H,9-11H2,1-4H3,(H,18,19)/t12-,13+. The first kappa shape index (κ1) is 15.7. The maximum absolute atomic E-state index is 9.11. The van der Waals surface area contributed by atoms with Crippen LogP contribution >= 0.6 is 0 Å². The highest BCUT2D eigenvalue weighted by Crippen LogP contribution is 2.22. The molecular formula is C16H24N4O. The number of aromatic nitrogens is 1. The van der Waals surface area contributed by atoms with Gasteiger partial charge in [0.05, 0.1) is 17.8 Å². The van der Waals surface area contributed by atoms with Gasteiger partial charge in [-0.2, -0.15) is 5.26 Å². The second-order valence-corrected chi connectivity index (χ2v) is 6.34. The Morgan fingerprint density at radius 3 is 2.71 bits per heavy atom. The largest absolute Gasteiger partial charge is 0.373 e. The van der Waals surface area contributed by atoms with Crippen molar-refractivity contribution in [2.24, 2.45) is 0 Å². The fraction of sp³-hybridized carbons (Fsp3) is 0.625. The number of rotatable bonds is 4. The van der Waals surface area contributed by atoms with E-state index >= 15 is 0 Å². The maximum Gasteiger partial charge on any atom is 0.143 e. The van der Waals surface area contributed by atoms with Crippen LogP contribution < -0.4 is 5.32 Å². The second kappa shape index (κ2) is 6.42. The minimum atomic E-state index is -0.0312. The van der Waals surface area contributed by atoms with Crippen LogP contribution in [-0.4, -0.2) is 47.3 Å². The van der Waals surface area contributed by atoms with Crippen molar-refractivity contribution in [1.29, 1.82) is 5.26 Å². The molecule has 0 unspecified atom stereocenters. The third kappa shape index (κ3) is 3.93. The zero-order valence-electron chi connectivity index (χ0n) is 13.3. The van der Waals surface area contributed by atoms with E-state index in [2.05, 4.69) is 49.0 Å². The summed E-state index contributed by atoms with van der Waals surface area (Å²) in [5, 5.41) is 12.4. The molecule has 2 heterocycles. The minimum Gasteiger partial charge on any atom is -0.373 e. The van der Waals surface area contributed by atoms with Crippen molar-refractivity contribution in [1.82, 2.24) is 9.88 Å². The highest BCUT2D eigenvalue weighted by atomic mass is 16.5. The maximum atomic E-state index is 9.11. The minimum absolute atomic E-state index is 0.0312. The summed E-state index contributed by atoms with van der Waals surface area (Å²) in [5.74, 6) is 0.655. The molecule has 0 amide bonds. The number of nitriles is 1. The molecule has 2 atom stereocenters. The van der Waals surface area contributed by atoms with Crippen LogP contribution in [0, 0.1) is 11.3 Å². The van der Waals surface area contributed by atoms with E-state index in [9.17, 15) is 0 Å². The Kier molecular flexibility index (Phi) is 4.81. The lowest BCUT2D eigenvalue weighted by Gasteiger charge is -2.45. The van der Waals surface area contributed by atoms with Gasteiger partial charge in [-0.1, -0.05) is 0 Å². The second-order valence-electron chi connectivity index (χ2n) is 6.34. The number of nitrogens with zero attached hydrogens (tertiary/aromatic N) is 3. The van der Waals surface area contributed by atoms with Gasteiger partial charge in [0.25, 0.3) is 0 Å². The summed E-state index contributed by atoms with van der Waals surface area (Å²) in [4.78, 5) is 6.69. The molecule has 0 radical (unpaired) electrons. The number of nitrogens with one attached hydrogen (secondary N) is 1. The topological polar surface area (TPSA) is 61.2 Å². The monoisotopic (exact) mass is 288 g/mol. The van der Waals surface area contributed by atoms with E-state index in [1.807, 2.05) is 0 Å². The first-order valence-electron chi connectivity index (χ1n) is 7.42. The van der Waals surface area contributed by atoms with Crippen molar-refractivity contribution in [3.8, 4) is 6.07 Å². The molecule has 5 heteroatoms. The first-order valence-corrected chi connectivity index (χ1v) is 7.42. The molecule has 21 heavy (non-hydrogen) atoms. The zero-order chi connectivity index (χ0) is 15.5. The molecule has 1 fully saturated rings. The van der Waals surface area contributed by atoms with Gasteiger partial charge in [-0.15, -0.1) is 0 Å². The Balaban J connectivity index is 2.02. The molecule has 1 saturated heterocycles. The van der Waals surface area contributed by atoms with Crippen molar-refractivity contribution >= 4 is 5.82 Å². The smallest absolute Gasteiger partial charge is 0.143 e. The van der Waals surface area contributed by atoms with Crippen LogP contribution in [0.4, 0.5) is 5.82 Å². The third-order valence-corrected chi connectivity index (χ3v) is 3.89. The van der Waals surface area contributed by atoms with E-state index in [0.717, 1.165) is 19.6 Å². The van der Waals surface area contributed by atoms with Crippen molar-refractivity contribution < 1.29 is 4.74 Å². The molecule has 0 saturated carbocycles.